The van der Waals surface area contributed by atoms with Crippen molar-refractivity contribution in [2.45, 2.75) is 6.61 Å². The SMILES string of the molecule is O=C(Nc1ccc(F)cc1)c1ccc(OCc2ccc3ccccc3n2)cc1. The Kier molecular flexibility index (Phi) is 4.97. The van der Waals surface area contributed by atoms with Crippen molar-refractivity contribution in [3.8, 4) is 5.75 Å². The number of para-hydroxylation sites is 1. The Labute approximate surface area is 161 Å². The van der Waals surface area contributed by atoms with E-state index in [2.05, 4.69) is 10.3 Å². The standard InChI is InChI=1S/C23H17FN2O2/c24-18-8-11-19(12-9-18)26-23(27)17-6-13-21(14-7-17)28-15-20-10-5-16-3-1-2-4-22(16)25-20/h1-14H,15H2,(H,26,27). The second kappa shape index (κ2) is 7.88. The smallest absolute Gasteiger partial charge is 0.255 e. The van der Waals surface area contributed by atoms with Gasteiger partial charge in [0.2, 0.25) is 0 Å². The Morgan fingerprint density at radius 1 is 0.893 bits per heavy atom. The van der Waals surface area contributed by atoms with E-state index in [1.165, 1.54) is 24.3 Å². The van der Waals surface area contributed by atoms with Crippen LogP contribution in [0.15, 0.2) is 84.9 Å². The third-order valence-electron chi connectivity index (χ3n) is 4.26. The number of pyridine rings is 1. The normalized spacial score (nSPS) is 10.6. The second-order valence-electron chi connectivity index (χ2n) is 6.27. The summed E-state index contributed by atoms with van der Waals surface area (Å²) in [6.45, 7) is 0.339. The van der Waals surface area contributed by atoms with E-state index in [1.54, 1.807) is 24.3 Å². The summed E-state index contributed by atoms with van der Waals surface area (Å²) in [5.41, 5.74) is 2.78. The number of nitrogens with one attached hydrogen (secondary N) is 1. The van der Waals surface area contributed by atoms with Crippen LogP contribution in [0.2, 0.25) is 0 Å². The van der Waals surface area contributed by atoms with Crippen LogP contribution < -0.4 is 10.1 Å². The molecule has 0 saturated heterocycles. The fourth-order valence-corrected chi connectivity index (χ4v) is 2.78. The van der Waals surface area contributed by atoms with Crippen LogP contribution in [0.3, 0.4) is 0 Å². The van der Waals surface area contributed by atoms with Crippen molar-refractivity contribution >= 4 is 22.5 Å². The molecule has 5 heteroatoms. The van der Waals surface area contributed by atoms with Crippen LogP contribution >= 0.6 is 0 Å². The lowest BCUT2D eigenvalue weighted by Gasteiger charge is -2.08. The number of ether oxygens (including phenoxy) is 1. The van der Waals surface area contributed by atoms with Gasteiger partial charge in [0, 0.05) is 16.6 Å². The van der Waals surface area contributed by atoms with Crippen LogP contribution in [-0.2, 0) is 6.61 Å². The molecular formula is C23H17FN2O2. The van der Waals surface area contributed by atoms with E-state index < -0.39 is 0 Å². The second-order valence-corrected chi connectivity index (χ2v) is 6.27. The summed E-state index contributed by atoms with van der Waals surface area (Å²) >= 11 is 0. The van der Waals surface area contributed by atoms with Crippen LogP contribution in [0, 0.1) is 5.82 Å². The minimum Gasteiger partial charge on any atom is -0.487 e. The Hall–Kier alpha value is -3.73. The molecule has 0 aliphatic carbocycles. The molecule has 3 aromatic carbocycles. The van der Waals surface area contributed by atoms with Crippen molar-refractivity contribution in [1.29, 1.82) is 0 Å². The lowest BCUT2D eigenvalue weighted by atomic mass is 10.2. The quantitative estimate of drug-likeness (QED) is 0.523. The van der Waals surface area contributed by atoms with E-state index >= 15 is 0 Å². The number of carbonyl (C=O) groups is 1. The summed E-state index contributed by atoms with van der Waals surface area (Å²) in [4.78, 5) is 16.8. The molecule has 4 rings (SSSR count). The van der Waals surface area contributed by atoms with E-state index in [1.807, 2.05) is 36.4 Å². The fourth-order valence-electron chi connectivity index (χ4n) is 2.78. The number of anilines is 1. The molecule has 0 aliphatic rings. The van der Waals surface area contributed by atoms with Gasteiger partial charge in [-0.2, -0.15) is 0 Å². The number of hydrogen-bond acceptors (Lipinski definition) is 3. The van der Waals surface area contributed by atoms with Gasteiger partial charge in [0.15, 0.2) is 0 Å². The average molecular weight is 372 g/mol. The number of halogens is 1. The van der Waals surface area contributed by atoms with Gasteiger partial charge < -0.3 is 10.1 Å². The summed E-state index contributed by atoms with van der Waals surface area (Å²) in [5.74, 6) is 0.0306. The lowest BCUT2D eigenvalue weighted by Crippen LogP contribution is -2.11. The molecule has 4 nitrogen and oxygen atoms in total. The van der Waals surface area contributed by atoms with Gasteiger partial charge in [-0.1, -0.05) is 24.3 Å². The summed E-state index contributed by atoms with van der Waals surface area (Å²) in [5, 5.41) is 3.81. The maximum atomic E-state index is 12.9. The van der Waals surface area contributed by atoms with Crippen LogP contribution in [0.1, 0.15) is 16.1 Å². The number of aromatic nitrogens is 1. The Bertz CT molecular complexity index is 1110. The van der Waals surface area contributed by atoms with Crippen molar-refractivity contribution in [2.24, 2.45) is 0 Å². The minimum atomic E-state index is -0.347. The maximum absolute atomic E-state index is 12.9. The zero-order valence-electron chi connectivity index (χ0n) is 14.9. The molecule has 138 valence electrons. The van der Waals surface area contributed by atoms with Gasteiger partial charge in [0.05, 0.1) is 11.2 Å². The van der Waals surface area contributed by atoms with Crippen molar-refractivity contribution in [3.05, 3.63) is 102 Å². The predicted molar refractivity (Wildman–Crippen MR) is 107 cm³/mol. The number of nitrogens with zero attached hydrogens (tertiary/aromatic N) is 1. The first-order chi connectivity index (χ1) is 13.7. The molecule has 28 heavy (non-hydrogen) atoms. The Morgan fingerprint density at radius 3 is 2.43 bits per heavy atom. The van der Waals surface area contributed by atoms with Gasteiger partial charge in [-0.3, -0.25) is 4.79 Å². The highest BCUT2D eigenvalue weighted by Crippen LogP contribution is 2.17. The summed E-state index contributed by atoms with van der Waals surface area (Å²) in [7, 11) is 0. The zero-order chi connectivity index (χ0) is 19.3. The number of rotatable bonds is 5. The molecule has 0 spiro atoms. The lowest BCUT2D eigenvalue weighted by molar-refractivity contribution is 0.102. The molecule has 1 heterocycles. The van der Waals surface area contributed by atoms with Gasteiger partial charge in [0.25, 0.3) is 5.91 Å². The van der Waals surface area contributed by atoms with Gasteiger partial charge in [-0.15, -0.1) is 0 Å². The molecule has 0 bridgehead atoms. The van der Waals surface area contributed by atoms with Crippen LogP contribution in [-0.4, -0.2) is 10.9 Å². The Morgan fingerprint density at radius 2 is 1.64 bits per heavy atom. The molecule has 1 N–H and O–H groups in total. The highest BCUT2D eigenvalue weighted by Gasteiger charge is 2.07. The van der Waals surface area contributed by atoms with Crippen molar-refractivity contribution < 1.29 is 13.9 Å². The maximum Gasteiger partial charge on any atom is 0.255 e. The van der Waals surface area contributed by atoms with Crippen LogP contribution in [0.4, 0.5) is 10.1 Å². The predicted octanol–water partition coefficient (Wildman–Crippen LogP) is 5.21. The molecule has 1 aromatic heterocycles. The third-order valence-corrected chi connectivity index (χ3v) is 4.26. The van der Waals surface area contributed by atoms with E-state index in [4.69, 9.17) is 4.74 Å². The molecule has 0 unspecified atom stereocenters. The topological polar surface area (TPSA) is 51.2 Å². The number of amides is 1. The van der Waals surface area contributed by atoms with Gasteiger partial charge >= 0.3 is 0 Å². The van der Waals surface area contributed by atoms with Crippen LogP contribution in [0.25, 0.3) is 10.9 Å². The summed E-state index contributed by atoms with van der Waals surface area (Å²) in [6.07, 6.45) is 0. The molecule has 1 amide bonds. The first-order valence-electron chi connectivity index (χ1n) is 8.82. The van der Waals surface area contributed by atoms with Crippen LogP contribution in [0.5, 0.6) is 5.75 Å². The number of benzene rings is 3. The van der Waals surface area contributed by atoms with E-state index in [9.17, 15) is 9.18 Å². The van der Waals surface area contributed by atoms with Gasteiger partial charge in [0.1, 0.15) is 18.2 Å². The molecule has 4 aromatic rings. The van der Waals surface area contributed by atoms with E-state index in [0.29, 0.717) is 23.6 Å². The van der Waals surface area contributed by atoms with Gasteiger partial charge in [-0.05, 0) is 60.7 Å². The fraction of sp³-hybridized carbons (Fsp3) is 0.0435. The third kappa shape index (κ3) is 4.15. The minimum absolute atomic E-state index is 0.269. The molecule has 0 radical (unpaired) electrons. The van der Waals surface area contributed by atoms with E-state index in [0.717, 1.165) is 16.6 Å². The number of hydrogen-bond donors (Lipinski definition) is 1. The zero-order valence-corrected chi connectivity index (χ0v) is 14.9. The molecule has 0 saturated carbocycles. The van der Waals surface area contributed by atoms with Crippen molar-refractivity contribution in [1.82, 2.24) is 4.98 Å². The number of carbonyl (C=O) groups excluding carboxylic acids is 1. The largest absolute Gasteiger partial charge is 0.487 e. The summed E-state index contributed by atoms with van der Waals surface area (Å²) in [6, 6.07) is 24.3. The monoisotopic (exact) mass is 372 g/mol. The molecule has 0 fully saturated rings. The first kappa shape index (κ1) is 17.7. The molecular weight excluding hydrogens is 355 g/mol. The highest BCUT2D eigenvalue weighted by molar-refractivity contribution is 6.04. The summed E-state index contributed by atoms with van der Waals surface area (Å²) < 4.78 is 18.7. The number of fused-ring (bicyclic) bond motifs is 1. The first-order valence-corrected chi connectivity index (χ1v) is 8.82. The highest BCUT2D eigenvalue weighted by atomic mass is 19.1. The van der Waals surface area contributed by atoms with Crippen molar-refractivity contribution in [2.75, 3.05) is 5.32 Å². The van der Waals surface area contributed by atoms with Crippen molar-refractivity contribution in [3.63, 3.8) is 0 Å². The molecule has 0 aliphatic heterocycles. The van der Waals surface area contributed by atoms with Gasteiger partial charge in [-0.25, -0.2) is 9.37 Å². The Balaban J connectivity index is 1.38. The average Bonchev–Trinajstić information content (AvgIpc) is 2.74. The van der Waals surface area contributed by atoms with E-state index in [-0.39, 0.29) is 11.7 Å². The molecule has 0 atom stereocenters.